The summed E-state index contributed by atoms with van der Waals surface area (Å²) in [5, 5.41) is 7.73. The second-order valence-electron chi connectivity index (χ2n) is 24.3. The summed E-state index contributed by atoms with van der Waals surface area (Å²) in [6.45, 7) is 11.4. The molecule has 14 rings (SSSR count). The molecule has 0 unspecified atom stereocenters. The molecule has 5 aromatic heterocycles. The van der Waals surface area contributed by atoms with Crippen LogP contribution in [0.5, 0.6) is 0 Å². The van der Waals surface area contributed by atoms with Crippen molar-refractivity contribution in [2.75, 3.05) is 110 Å². The number of halogens is 7. The van der Waals surface area contributed by atoms with Crippen molar-refractivity contribution in [1.29, 1.82) is 0 Å². The molecule has 20 nitrogen and oxygen atoms in total. The standard InChI is InChI=1S/C16H18ClN3O.C16H15F3N4.C16H22N4O3S.C15H18F3N3O2S/c17-11-9-13-12(2-6-18-13)14(10-11)20-7-4-16(5-8-20)3-1-15(21)19-16;1-9-21-12-3-5-23(8-14(12)22-9)15-7-10(16(17,18)19)6-13-11(15)2-4-20-13;1-12(21)18(2)13-10-15-14(4-5-17-15)16(11-13)19-6-8-20(9-7-19)24(3,22)23;1-10-9-20(24(2,22)23)5-6-21(10)14-8-11(15(16,17)18)7-13-12(14)3-4-19-13/h2,6,9-10,18H,1,3-5,7-8H2,(H,19,21);2,4,6-7,20H,3,5,8H2,1H3,(H,21,22);4-5,10-11,17H,6-9H2,1-3H3;3-4,7-8,10,19H,5-6,9H2,1-2H3/t;;;10-/m...0/s1. The molecule has 29 heteroatoms. The highest BCUT2D eigenvalue weighted by atomic mass is 35.5. The van der Waals surface area contributed by atoms with Gasteiger partial charge in [0.15, 0.2) is 0 Å². The molecule has 4 saturated heterocycles. The SMILES string of the molecule is CC(=O)N(C)c1cc(N2CCN(S(C)(=O)=O)CC2)c2cc[nH]c2c1.C[C@H]1CN(S(C)(=O)=O)CCN1c1cc(C(F)(F)F)cc2[nH]ccc12.Cc1nc2c([nH]1)CN(c1cc(C(F)(F)F)cc3[nH]ccc13)CC2.O=C1CCC2(CCN(c3cc(Cl)cc4[nH]ccc34)CC2)N1. The summed E-state index contributed by atoms with van der Waals surface area (Å²) in [5.41, 5.74) is 7.75. The summed E-state index contributed by atoms with van der Waals surface area (Å²) >= 11 is 6.24. The maximum absolute atomic E-state index is 13.2. The number of imidazole rings is 1. The molecule has 0 radical (unpaired) electrons. The lowest BCUT2D eigenvalue weighted by atomic mass is 9.86. The molecule has 1 spiro atoms. The van der Waals surface area contributed by atoms with Gasteiger partial charge in [-0.3, -0.25) is 9.59 Å². The van der Waals surface area contributed by atoms with Crippen molar-refractivity contribution in [2.24, 2.45) is 0 Å². The maximum atomic E-state index is 13.2. The molecule has 0 bridgehead atoms. The molecule has 9 aromatic rings. The number of nitrogens with zero attached hydrogens (tertiary/aromatic N) is 8. The number of piperidine rings is 1. The van der Waals surface area contributed by atoms with Gasteiger partial charge in [0.25, 0.3) is 0 Å². The highest BCUT2D eigenvalue weighted by Crippen LogP contribution is 2.41. The lowest BCUT2D eigenvalue weighted by Gasteiger charge is -2.40. The van der Waals surface area contributed by atoms with Crippen LogP contribution < -0.4 is 29.8 Å². The van der Waals surface area contributed by atoms with Crippen LogP contribution in [0.25, 0.3) is 43.6 Å². The minimum atomic E-state index is -4.44. The number of carbonyl (C=O) groups excluding carboxylic acids is 2. The number of anilines is 5. The van der Waals surface area contributed by atoms with Crippen LogP contribution in [0, 0.1) is 6.92 Å². The third kappa shape index (κ3) is 14.2. The van der Waals surface area contributed by atoms with Crippen molar-refractivity contribution in [2.45, 2.75) is 83.4 Å². The molecular weight excluding hydrogens is 1260 g/mol. The molecule has 1 atom stereocenters. The first-order valence-corrected chi connectivity index (χ1v) is 34.2. The summed E-state index contributed by atoms with van der Waals surface area (Å²) in [4.78, 5) is 52.9. The molecule has 6 N–H and O–H groups in total. The molecule has 0 saturated carbocycles. The van der Waals surface area contributed by atoms with E-state index in [0.29, 0.717) is 80.0 Å². The number of nitrogens with one attached hydrogen (secondary N) is 6. The van der Waals surface area contributed by atoms with Crippen LogP contribution in [0.2, 0.25) is 5.02 Å². The molecule has 492 valence electrons. The Hall–Kier alpha value is -7.92. The molecule has 10 heterocycles. The summed E-state index contributed by atoms with van der Waals surface area (Å²) < 4.78 is 129. The molecule has 4 fully saturated rings. The van der Waals surface area contributed by atoms with Gasteiger partial charge in [0.1, 0.15) is 5.82 Å². The fourth-order valence-electron chi connectivity index (χ4n) is 13.1. The predicted molar refractivity (Wildman–Crippen MR) is 349 cm³/mol. The second-order valence-corrected chi connectivity index (χ2v) is 28.7. The monoisotopic (exact) mass is 1330 g/mol. The number of carbonyl (C=O) groups is 2. The number of hydrogen-bond donors (Lipinski definition) is 6. The van der Waals surface area contributed by atoms with Crippen LogP contribution >= 0.6 is 11.6 Å². The van der Waals surface area contributed by atoms with Gasteiger partial charge in [0, 0.05) is 206 Å². The van der Waals surface area contributed by atoms with E-state index in [1.54, 1.807) is 30.4 Å². The van der Waals surface area contributed by atoms with Gasteiger partial charge in [-0.1, -0.05) is 11.6 Å². The molecule has 2 amide bonds. The lowest BCUT2D eigenvalue weighted by molar-refractivity contribution is -0.138. The first-order valence-electron chi connectivity index (χ1n) is 30.2. The largest absolute Gasteiger partial charge is 0.416 e. The van der Waals surface area contributed by atoms with Crippen molar-refractivity contribution in [3.63, 3.8) is 0 Å². The number of amides is 2. The number of sulfonamides is 2. The summed E-state index contributed by atoms with van der Waals surface area (Å²) in [6.07, 6.45) is 5.09. The number of piperazine rings is 2. The summed E-state index contributed by atoms with van der Waals surface area (Å²) in [7, 11) is -4.71. The zero-order valence-electron chi connectivity index (χ0n) is 51.6. The van der Waals surface area contributed by atoms with Crippen LogP contribution in [0.4, 0.5) is 54.8 Å². The van der Waals surface area contributed by atoms with Crippen LogP contribution in [0.3, 0.4) is 0 Å². The summed E-state index contributed by atoms with van der Waals surface area (Å²) in [5.74, 6) is 1.01. The highest BCUT2D eigenvalue weighted by Gasteiger charge is 2.41. The van der Waals surface area contributed by atoms with Gasteiger partial charge in [-0.2, -0.15) is 35.0 Å². The predicted octanol–water partition coefficient (Wildman–Crippen LogP) is 10.7. The van der Waals surface area contributed by atoms with E-state index in [-0.39, 0.29) is 36.5 Å². The number of aromatic amines is 5. The quantitative estimate of drug-likeness (QED) is 0.0822. The minimum absolute atomic E-state index is 0.0336. The average molecular weight is 1340 g/mol. The molecule has 92 heavy (non-hydrogen) atoms. The number of alkyl halides is 6. The smallest absolute Gasteiger partial charge is 0.371 e. The Morgan fingerprint density at radius 3 is 1.62 bits per heavy atom. The summed E-state index contributed by atoms with van der Waals surface area (Å²) in [6, 6.07) is 20.0. The topological polar surface area (TPSA) is 229 Å². The second kappa shape index (κ2) is 25.5. The zero-order valence-corrected chi connectivity index (χ0v) is 54.0. The van der Waals surface area contributed by atoms with E-state index in [0.717, 1.165) is 119 Å². The van der Waals surface area contributed by atoms with Gasteiger partial charge in [0.2, 0.25) is 31.9 Å². The van der Waals surface area contributed by atoms with E-state index >= 15 is 0 Å². The highest BCUT2D eigenvalue weighted by molar-refractivity contribution is 7.88. The van der Waals surface area contributed by atoms with Crippen molar-refractivity contribution >= 4 is 116 Å². The number of rotatable bonds is 7. The first-order chi connectivity index (χ1) is 43.4. The number of aromatic nitrogens is 6. The fraction of sp³-hybridized carbons (Fsp3) is 0.413. The lowest BCUT2D eigenvalue weighted by Crippen LogP contribution is -2.53. The zero-order chi connectivity index (χ0) is 65.8. The van der Waals surface area contributed by atoms with E-state index in [1.807, 2.05) is 72.4 Å². The first kappa shape index (κ1) is 65.6. The number of benzene rings is 4. The van der Waals surface area contributed by atoms with E-state index in [1.165, 1.54) is 38.9 Å². The molecule has 4 aromatic carbocycles. The van der Waals surface area contributed by atoms with E-state index in [2.05, 4.69) is 51.1 Å². The maximum Gasteiger partial charge on any atom is 0.416 e. The van der Waals surface area contributed by atoms with Gasteiger partial charge in [-0.15, -0.1) is 0 Å². The van der Waals surface area contributed by atoms with Crippen LogP contribution in [0.15, 0.2) is 97.6 Å². The Labute approximate surface area is 533 Å². The molecule has 0 aliphatic carbocycles. The van der Waals surface area contributed by atoms with Crippen LogP contribution in [0.1, 0.15) is 67.9 Å². The van der Waals surface area contributed by atoms with Crippen molar-refractivity contribution in [3.8, 4) is 0 Å². The van der Waals surface area contributed by atoms with Crippen molar-refractivity contribution in [3.05, 3.63) is 131 Å². The van der Waals surface area contributed by atoms with E-state index in [4.69, 9.17) is 11.6 Å². The third-order valence-electron chi connectivity index (χ3n) is 18.1. The average Bonchev–Trinajstić information content (AvgIpc) is 1.31. The van der Waals surface area contributed by atoms with Gasteiger partial charge in [-0.25, -0.2) is 21.8 Å². The number of fused-ring (bicyclic) bond motifs is 5. The van der Waals surface area contributed by atoms with Gasteiger partial charge < -0.3 is 54.7 Å². The van der Waals surface area contributed by atoms with Gasteiger partial charge in [0.05, 0.1) is 41.6 Å². The minimum Gasteiger partial charge on any atom is -0.371 e. The normalized spacial score (nSPS) is 18.4. The number of H-pyrrole nitrogens is 5. The van der Waals surface area contributed by atoms with Crippen LogP contribution in [-0.2, 0) is 55.0 Å². The van der Waals surface area contributed by atoms with Crippen molar-refractivity contribution in [1.82, 2.24) is 43.8 Å². The molecule has 5 aliphatic rings. The Morgan fingerprint density at radius 2 is 1.11 bits per heavy atom. The number of hydrogen-bond acceptors (Lipinski definition) is 11. The Morgan fingerprint density at radius 1 is 0.620 bits per heavy atom. The fourth-order valence-corrected chi connectivity index (χ4v) is 15.0. The molecular formula is C63H73ClF6N14O6S2. The van der Waals surface area contributed by atoms with Crippen LogP contribution in [-0.4, -0.2) is 164 Å². The Balaban J connectivity index is 0.000000126. The van der Waals surface area contributed by atoms with Gasteiger partial charge >= 0.3 is 12.4 Å². The van der Waals surface area contributed by atoms with Gasteiger partial charge in [-0.05, 0) is 106 Å². The van der Waals surface area contributed by atoms with Crippen molar-refractivity contribution < 1.29 is 52.8 Å². The third-order valence-corrected chi connectivity index (χ3v) is 20.8. The number of aryl methyl sites for hydroxylation is 1. The Bertz CT molecular complexity index is 4430. The Kier molecular flexibility index (Phi) is 18.2. The van der Waals surface area contributed by atoms with E-state index < -0.39 is 43.5 Å². The molecule has 5 aliphatic heterocycles. The van der Waals surface area contributed by atoms with E-state index in [9.17, 15) is 52.8 Å².